The summed E-state index contributed by atoms with van der Waals surface area (Å²) in [6.45, 7) is 0. The molecule has 0 heterocycles. The molecular weight excluding hydrogens is 328 g/mol. The van der Waals surface area contributed by atoms with Crippen molar-refractivity contribution in [3.05, 3.63) is 48.5 Å². The summed E-state index contributed by atoms with van der Waals surface area (Å²) in [4.78, 5) is 0. The van der Waals surface area contributed by atoms with E-state index in [0.29, 0.717) is 0 Å². The largest absolute Gasteiger partial charge is 0.586 e. The first-order valence-electron chi connectivity index (χ1n) is 6.87. The van der Waals surface area contributed by atoms with Gasteiger partial charge in [-0.05, 0) is 45.1 Å². The second-order valence-electron chi connectivity index (χ2n) is 5.41. The maximum atomic E-state index is 2.72. The summed E-state index contributed by atoms with van der Waals surface area (Å²) in [6, 6.07) is 17.6. The van der Waals surface area contributed by atoms with Gasteiger partial charge in [0.1, 0.15) is 0 Å². The monoisotopic (exact) mass is 336 g/mol. The lowest BCUT2D eigenvalue weighted by molar-refractivity contribution is 1.62. The summed E-state index contributed by atoms with van der Waals surface area (Å²) < 4.78 is 4.04. The smallest absolute Gasteiger partial charge is 0.277 e. The molecule has 2 nitrogen and oxygen atoms in total. The van der Waals surface area contributed by atoms with Crippen LogP contribution in [0.3, 0.4) is 0 Å². The molecule has 0 N–H and O–H groups in total. The van der Waals surface area contributed by atoms with Crippen molar-refractivity contribution in [2.24, 2.45) is 0 Å². The van der Waals surface area contributed by atoms with Gasteiger partial charge in [-0.1, -0.05) is 36.4 Å². The van der Waals surface area contributed by atoms with Crippen molar-refractivity contribution in [2.45, 2.75) is 0 Å². The zero-order valence-corrected chi connectivity index (χ0v) is 16.4. The second kappa shape index (κ2) is 5.62. The lowest BCUT2D eigenvalue weighted by Crippen LogP contribution is -2.15. The van der Waals surface area contributed by atoms with Crippen molar-refractivity contribution in [3.63, 3.8) is 0 Å². The quantitative estimate of drug-likeness (QED) is 0.410. The third-order valence-electron chi connectivity index (χ3n) is 4.17. The highest BCUT2D eigenvalue weighted by Crippen LogP contribution is 2.41. The van der Waals surface area contributed by atoms with Crippen LogP contribution < -0.4 is 5.73 Å². The predicted molar refractivity (Wildman–Crippen MR) is 98.1 cm³/mol. The third-order valence-corrected chi connectivity index (χ3v) is 5.29. The van der Waals surface area contributed by atoms with Crippen molar-refractivity contribution in [1.82, 2.24) is 0 Å². The van der Waals surface area contributed by atoms with Crippen LogP contribution in [0.25, 0.3) is 32.3 Å². The van der Waals surface area contributed by atoms with Gasteiger partial charge in [-0.2, -0.15) is 0 Å². The first kappa shape index (κ1) is 15.2. The van der Waals surface area contributed by atoms with Crippen LogP contribution in [0.5, 0.6) is 0 Å². The molecule has 0 saturated heterocycles. The Morgan fingerprint density at radius 2 is 0.864 bits per heavy atom. The summed E-state index contributed by atoms with van der Waals surface area (Å²) in [5.41, 5.74) is 2.38. The van der Waals surface area contributed by atoms with Crippen molar-refractivity contribution < 1.29 is 0 Å². The number of anilines is 2. The third kappa shape index (κ3) is 2.21. The van der Waals surface area contributed by atoms with Crippen LogP contribution in [0, 0.1) is 0 Å². The van der Waals surface area contributed by atoms with Crippen LogP contribution >= 0.6 is 0 Å². The normalized spacial score (nSPS) is 11.5. The Labute approximate surface area is 162 Å². The molecule has 0 spiro atoms. The summed E-state index contributed by atoms with van der Waals surface area (Å²) in [5.74, 6) is 0. The van der Waals surface area contributed by atoms with E-state index < -0.39 is 0 Å². The minimum atomic E-state index is 1.19. The van der Waals surface area contributed by atoms with Crippen LogP contribution in [-0.4, -0.2) is 66.0 Å². The summed E-state index contributed by atoms with van der Waals surface area (Å²) >= 11 is 10.9. The second-order valence-corrected chi connectivity index (χ2v) is 8.82. The molecule has 4 aromatic carbocycles. The number of rotatable bonds is 2. The van der Waals surface area contributed by atoms with E-state index in [4.69, 9.17) is 0 Å². The molecule has 0 aliphatic rings. The van der Waals surface area contributed by atoms with Crippen LogP contribution in [0.4, 0.5) is 11.4 Å². The summed E-state index contributed by atoms with van der Waals surface area (Å²) in [5, 5.41) is 7.78. The molecule has 0 bridgehead atoms. The molecule has 0 aliphatic carbocycles. The SMILES string of the molecule is [Al][N]([Al])c1ccc2ccc3ccc([N]([Al])[Al])c4ccc1c2c34. The summed E-state index contributed by atoms with van der Waals surface area (Å²) in [7, 11) is 0. The highest BCUT2D eigenvalue weighted by atomic mass is 27.1. The van der Waals surface area contributed by atoms with Crippen molar-refractivity contribution in [1.29, 1.82) is 0 Å². The molecule has 0 amide bonds. The molecule has 4 aromatic rings. The lowest BCUT2D eigenvalue weighted by Gasteiger charge is -2.25. The Kier molecular flexibility index (Phi) is 3.88. The Bertz CT molecular complexity index is 917. The Morgan fingerprint density at radius 1 is 0.500 bits per heavy atom. The van der Waals surface area contributed by atoms with Crippen LogP contribution in [-0.2, 0) is 0 Å². The van der Waals surface area contributed by atoms with Gasteiger partial charge in [-0.3, -0.25) is 0 Å². The fourth-order valence-corrected chi connectivity index (χ4v) is 4.12. The van der Waals surface area contributed by atoms with E-state index in [1.165, 1.54) is 43.7 Å². The van der Waals surface area contributed by atoms with E-state index in [2.05, 4.69) is 115 Å². The van der Waals surface area contributed by atoms with Gasteiger partial charge in [0.15, 0.2) is 0 Å². The molecular formula is C16H8Al4N2. The van der Waals surface area contributed by atoms with Gasteiger partial charge in [0.25, 0.3) is 66.0 Å². The average molecular weight is 336 g/mol. The molecule has 0 atom stereocenters. The Morgan fingerprint density at radius 3 is 1.23 bits per heavy atom. The van der Waals surface area contributed by atoms with Gasteiger partial charge in [0.2, 0.25) is 0 Å². The van der Waals surface area contributed by atoms with Crippen LogP contribution in [0.2, 0.25) is 0 Å². The molecule has 0 aromatic heterocycles. The van der Waals surface area contributed by atoms with Gasteiger partial charge in [0.05, 0.1) is 0 Å². The number of benzene rings is 4. The Hall–Kier alpha value is -0.350. The molecule has 6 heteroatoms. The van der Waals surface area contributed by atoms with E-state index in [0.717, 1.165) is 0 Å². The van der Waals surface area contributed by atoms with Crippen molar-refractivity contribution in [3.8, 4) is 0 Å². The van der Waals surface area contributed by atoms with Crippen molar-refractivity contribution in [2.75, 3.05) is 5.73 Å². The van der Waals surface area contributed by atoms with E-state index in [1.54, 1.807) is 0 Å². The average Bonchev–Trinajstić information content (AvgIpc) is 2.51. The van der Waals surface area contributed by atoms with Crippen LogP contribution in [0.15, 0.2) is 48.5 Å². The van der Waals surface area contributed by atoms with E-state index >= 15 is 0 Å². The molecule has 4 rings (SSSR count). The molecule has 8 radical (unpaired) electrons. The molecule has 94 valence electrons. The fourth-order valence-electron chi connectivity index (χ4n) is 3.22. The molecule has 0 saturated carbocycles. The standard InChI is InChI=1S/C16H8N2.4Al/c17-13-7-3-9-1-2-10-4-8-14(18)12-6-5-11(13)15(9)16(10)12;;;;/h1-8H;;;;. The number of nitrogens with zero attached hydrogens (tertiary/aromatic N) is 2. The van der Waals surface area contributed by atoms with Gasteiger partial charge in [-0.25, -0.2) is 0 Å². The van der Waals surface area contributed by atoms with E-state index in [1.807, 2.05) is 5.73 Å². The van der Waals surface area contributed by atoms with Gasteiger partial charge >= 0.3 is 0 Å². The van der Waals surface area contributed by atoms with Gasteiger partial charge < -0.3 is 5.73 Å². The topological polar surface area (TPSA) is 6.48 Å². The maximum absolute atomic E-state index is 2.72. The zero-order valence-electron chi connectivity index (χ0n) is 11.8. The number of hydrogen-bond donors (Lipinski definition) is 0. The molecule has 0 aliphatic heterocycles. The number of hydrogen-bond acceptors (Lipinski definition) is 2. The first-order valence-corrected chi connectivity index (χ1v) is 8.94. The highest BCUT2D eigenvalue weighted by molar-refractivity contribution is 6.45. The summed E-state index contributed by atoms with van der Waals surface area (Å²) in [6.07, 6.45) is 0. The van der Waals surface area contributed by atoms with Crippen molar-refractivity contribution >= 4 is 110 Å². The minimum absolute atomic E-state index is 1.19. The highest BCUT2D eigenvalue weighted by Gasteiger charge is 2.13. The zero-order chi connectivity index (χ0) is 15.4. The molecule has 0 unspecified atom stereocenters. The first-order chi connectivity index (χ1) is 10.6. The molecule has 0 fully saturated rings. The van der Waals surface area contributed by atoms with E-state index in [9.17, 15) is 0 Å². The fraction of sp³-hybridized carbons (Fsp3) is 0. The van der Waals surface area contributed by atoms with Crippen LogP contribution in [0.1, 0.15) is 0 Å². The minimum Gasteiger partial charge on any atom is -0.586 e. The van der Waals surface area contributed by atoms with E-state index in [-0.39, 0.29) is 0 Å². The Balaban J connectivity index is 2.28. The lowest BCUT2D eigenvalue weighted by atomic mass is 9.93. The van der Waals surface area contributed by atoms with Gasteiger partial charge in [0, 0.05) is 10.8 Å². The predicted octanol–water partition coefficient (Wildman–Crippen LogP) is 2.53. The van der Waals surface area contributed by atoms with Gasteiger partial charge in [-0.15, -0.1) is 0 Å². The molecule has 22 heavy (non-hydrogen) atoms. The maximum Gasteiger partial charge on any atom is 0.277 e.